The first kappa shape index (κ1) is 15.3. The molecule has 0 aliphatic rings. The highest BCUT2D eigenvalue weighted by molar-refractivity contribution is 5.94. The Morgan fingerprint density at radius 2 is 1.90 bits per heavy atom. The van der Waals surface area contributed by atoms with Gasteiger partial charge in [-0.05, 0) is 43.2 Å². The summed E-state index contributed by atoms with van der Waals surface area (Å²) in [6.07, 6.45) is 7.39. The molecule has 0 radical (unpaired) electrons. The van der Waals surface area contributed by atoms with Crippen LogP contribution in [0, 0.1) is 0 Å². The fraction of sp³-hybridized carbons (Fsp3) is 0.375. The molecule has 0 saturated heterocycles. The van der Waals surface area contributed by atoms with E-state index in [2.05, 4.69) is 10.4 Å². The average molecular weight is 287 g/mol. The minimum Gasteiger partial charge on any atom is -0.396 e. The number of nitrogens with one attached hydrogen (secondary N) is 1. The van der Waals surface area contributed by atoms with E-state index in [1.165, 1.54) is 0 Å². The zero-order valence-corrected chi connectivity index (χ0v) is 12.0. The summed E-state index contributed by atoms with van der Waals surface area (Å²) in [6.45, 7) is 0.917. The van der Waals surface area contributed by atoms with Crippen molar-refractivity contribution in [3.8, 4) is 5.69 Å². The van der Waals surface area contributed by atoms with E-state index in [1.807, 2.05) is 24.4 Å². The van der Waals surface area contributed by atoms with Crippen LogP contribution in [-0.2, 0) is 0 Å². The molecule has 5 nitrogen and oxygen atoms in total. The van der Waals surface area contributed by atoms with Gasteiger partial charge >= 0.3 is 0 Å². The van der Waals surface area contributed by atoms with Crippen LogP contribution in [0.4, 0.5) is 0 Å². The first-order valence-electron chi connectivity index (χ1n) is 7.30. The molecule has 2 N–H and O–H groups in total. The number of unbranched alkanes of at least 4 members (excludes halogenated alkanes) is 3. The summed E-state index contributed by atoms with van der Waals surface area (Å²) < 4.78 is 1.75. The summed E-state index contributed by atoms with van der Waals surface area (Å²) in [7, 11) is 0. The van der Waals surface area contributed by atoms with Gasteiger partial charge in [-0.15, -0.1) is 0 Å². The van der Waals surface area contributed by atoms with Crippen LogP contribution in [0.5, 0.6) is 0 Å². The van der Waals surface area contributed by atoms with Crippen LogP contribution < -0.4 is 5.32 Å². The minimum absolute atomic E-state index is 0.0517. The number of benzene rings is 1. The lowest BCUT2D eigenvalue weighted by Crippen LogP contribution is -2.24. The van der Waals surface area contributed by atoms with Crippen LogP contribution in [0.25, 0.3) is 5.69 Å². The Balaban J connectivity index is 1.78. The molecule has 0 spiro atoms. The lowest BCUT2D eigenvalue weighted by atomic mass is 10.1. The molecular weight excluding hydrogens is 266 g/mol. The molecule has 1 aromatic carbocycles. The third kappa shape index (κ3) is 4.72. The van der Waals surface area contributed by atoms with Crippen molar-refractivity contribution in [1.29, 1.82) is 0 Å². The van der Waals surface area contributed by atoms with E-state index in [1.54, 1.807) is 23.0 Å². The van der Waals surface area contributed by atoms with Crippen molar-refractivity contribution in [3.63, 3.8) is 0 Å². The topological polar surface area (TPSA) is 67.2 Å². The van der Waals surface area contributed by atoms with Gasteiger partial charge in [0.2, 0.25) is 0 Å². The highest BCUT2D eigenvalue weighted by Crippen LogP contribution is 2.08. The molecule has 0 aliphatic carbocycles. The Morgan fingerprint density at radius 3 is 2.57 bits per heavy atom. The largest absolute Gasteiger partial charge is 0.396 e. The smallest absolute Gasteiger partial charge is 0.251 e. The fourth-order valence-corrected chi connectivity index (χ4v) is 2.08. The Morgan fingerprint density at radius 1 is 1.14 bits per heavy atom. The molecule has 0 bridgehead atoms. The Labute approximate surface area is 124 Å². The quantitative estimate of drug-likeness (QED) is 0.731. The normalized spacial score (nSPS) is 10.5. The van der Waals surface area contributed by atoms with Gasteiger partial charge in [-0.2, -0.15) is 5.10 Å². The molecule has 21 heavy (non-hydrogen) atoms. The first-order chi connectivity index (χ1) is 10.3. The number of amides is 1. The molecule has 0 saturated carbocycles. The Kier molecular flexibility index (Phi) is 5.97. The van der Waals surface area contributed by atoms with E-state index in [0.29, 0.717) is 12.1 Å². The SMILES string of the molecule is O=C(NCCCCCCO)c1ccc(-n2cccn2)cc1. The predicted molar refractivity (Wildman–Crippen MR) is 81.5 cm³/mol. The highest BCUT2D eigenvalue weighted by atomic mass is 16.2. The minimum atomic E-state index is -0.0517. The standard InChI is InChI=1S/C16H21N3O2/c20-13-4-2-1-3-10-17-16(21)14-6-8-15(9-7-14)19-12-5-11-18-19/h5-9,11-12,20H,1-4,10,13H2,(H,17,21). The second kappa shape index (κ2) is 8.21. The zero-order valence-electron chi connectivity index (χ0n) is 12.0. The summed E-state index contributed by atoms with van der Waals surface area (Å²) in [5, 5.41) is 15.7. The second-order valence-electron chi connectivity index (χ2n) is 4.89. The van der Waals surface area contributed by atoms with Gasteiger partial charge in [0.05, 0.1) is 5.69 Å². The van der Waals surface area contributed by atoms with Crippen molar-refractivity contribution in [2.24, 2.45) is 0 Å². The molecule has 0 fully saturated rings. The molecule has 2 rings (SSSR count). The summed E-state index contributed by atoms with van der Waals surface area (Å²) in [5.74, 6) is -0.0517. The van der Waals surface area contributed by atoms with Crippen molar-refractivity contribution >= 4 is 5.91 Å². The van der Waals surface area contributed by atoms with Gasteiger partial charge in [-0.25, -0.2) is 4.68 Å². The van der Waals surface area contributed by atoms with Gasteiger partial charge in [0.15, 0.2) is 0 Å². The Hall–Kier alpha value is -2.14. The van der Waals surface area contributed by atoms with Crippen LogP contribution in [0.15, 0.2) is 42.7 Å². The first-order valence-corrected chi connectivity index (χ1v) is 7.30. The summed E-state index contributed by atoms with van der Waals surface area (Å²) >= 11 is 0. The summed E-state index contributed by atoms with van der Waals surface area (Å²) in [6, 6.07) is 9.22. The van der Waals surface area contributed by atoms with Crippen molar-refractivity contribution in [2.45, 2.75) is 25.7 Å². The van der Waals surface area contributed by atoms with Crippen LogP contribution in [0.3, 0.4) is 0 Å². The van der Waals surface area contributed by atoms with Gasteiger partial charge < -0.3 is 10.4 Å². The van der Waals surface area contributed by atoms with Crippen molar-refractivity contribution in [3.05, 3.63) is 48.3 Å². The number of hydrogen-bond acceptors (Lipinski definition) is 3. The van der Waals surface area contributed by atoms with Crippen molar-refractivity contribution in [2.75, 3.05) is 13.2 Å². The van der Waals surface area contributed by atoms with Crippen LogP contribution in [0.1, 0.15) is 36.0 Å². The number of rotatable bonds is 8. The average Bonchev–Trinajstić information content (AvgIpc) is 3.05. The van der Waals surface area contributed by atoms with Crippen LogP contribution in [0.2, 0.25) is 0 Å². The van der Waals surface area contributed by atoms with Crippen LogP contribution in [-0.4, -0.2) is 33.9 Å². The van der Waals surface area contributed by atoms with Crippen molar-refractivity contribution < 1.29 is 9.90 Å². The van der Waals surface area contributed by atoms with Crippen LogP contribution >= 0.6 is 0 Å². The number of hydrogen-bond donors (Lipinski definition) is 2. The molecule has 112 valence electrons. The number of nitrogens with zero attached hydrogens (tertiary/aromatic N) is 2. The van der Waals surface area contributed by atoms with E-state index in [0.717, 1.165) is 31.4 Å². The number of aliphatic hydroxyl groups is 1. The maximum absolute atomic E-state index is 12.0. The Bertz CT molecular complexity index is 535. The maximum Gasteiger partial charge on any atom is 0.251 e. The van der Waals surface area contributed by atoms with Gasteiger partial charge in [0, 0.05) is 31.1 Å². The lowest BCUT2D eigenvalue weighted by Gasteiger charge is -2.06. The molecule has 0 atom stereocenters. The fourth-order valence-electron chi connectivity index (χ4n) is 2.08. The molecule has 1 heterocycles. The van der Waals surface area contributed by atoms with E-state index in [4.69, 9.17) is 5.11 Å². The second-order valence-corrected chi connectivity index (χ2v) is 4.89. The van der Waals surface area contributed by atoms with E-state index >= 15 is 0 Å². The third-order valence-corrected chi connectivity index (χ3v) is 3.27. The monoisotopic (exact) mass is 287 g/mol. The van der Waals surface area contributed by atoms with Crippen molar-refractivity contribution in [1.82, 2.24) is 15.1 Å². The highest BCUT2D eigenvalue weighted by Gasteiger charge is 2.05. The number of carbonyl (C=O) groups is 1. The molecule has 1 aromatic heterocycles. The van der Waals surface area contributed by atoms with Gasteiger partial charge in [-0.1, -0.05) is 12.8 Å². The molecular formula is C16H21N3O2. The maximum atomic E-state index is 12.0. The molecule has 2 aromatic rings. The van der Waals surface area contributed by atoms with Gasteiger partial charge in [-0.3, -0.25) is 4.79 Å². The van der Waals surface area contributed by atoms with E-state index in [-0.39, 0.29) is 12.5 Å². The lowest BCUT2D eigenvalue weighted by molar-refractivity contribution is 0.0953. The van der Waals surface area contributed by atoms with E-state index in [9.17, 15) is 4.79 Å². The number of aromatic nitrogens is 2. The van der Waals surface area contributed by atoms with E-state index < -0.39 is 0 Å². The number of carbonyl (C=O) groups excluding carboxylic acids is 1. The number of aliphatic hydroxyl groups excluding tert-OH is 1. The third-order valence-electron chi connectivity index (χ3n) is 3.27. The molecule has 0 aliphatic heterocycles. The molecule has 5 heteroatoms. The zero-order chi connectivity index (χ0) is 14.9. The molecule has 1 amide bonds. The van der Waals surface area contributed by atoms with Gasteiger partial charge in [0.1, 0.15) is 0 Å². The summed E-state index contributed by atoms with van der Waals surface area (Å²) in [5.41, 5.74) is 1.59. The summed E-state index contributed by atoms with van der Waals surface area (Å²) in [4.78, 5) is 12.0. The van der Waals surface area contributed by atoms with Gasteiger partial charge in [0.25, 0.3) is 5.91 Å². The molecule has 0 unspecified atom stereocenters. The predicted octanol–water partition coefficient (Wildman–Crippen LogP) is 2.15.